The highest BCUT2D eigenvalue weighted by atomic mass is 16.4. The van der Waals surface area contributed by atoms with Gasteiger partial charge in [0.1, 0.15) is 0 Å². The third kappa shape index (κ3) is 5.38. The summed E-state index contributed by atoms with van der Waals surface area (Å²) in [6.07, 6.45) is 3.69. The number of carboxylic acids is 1. The minimum Gasteiger partial charge on any atom is -0.481 e. The van der Waals surface area contributed by atoms with Crippen molar-refractivity contribution < 1.29 is 14.7 Å². The lowest BCUT2D eigenvalue weighted by molar-refractivity contribution is -0.144. The molecule has 1 aromatic rings. The van der Waals surface area contributed by atoms with Gasteiger partial charge in [-0.05, 0) is 36.7 Å². The van der Waals surface area contributed by atoms with E-state index in [1.165, 1.54) is 5.56 Å². The van der Waals surface area contributed by atoms with Crippen molar-refractivity contribution in [3.8, 4) is 0 Å². The van der Waals surface area contributed by atoms with Crippen molar-refractivity contribution in [2.45, 2.75) is 46.0 Å². The van der Waals surface area contributed by atoms with Gasteiger partial charge in [-0.2, -0.15) is 0 Å². The number of nitrogens with one attached hydrogen (secondary N) is 1. The summed E-state index contributed by atoms with van der Waals surface area (Å²) in [7, 11) is 0. The van der Waals surface area contributed by atoms with Crippen LogP contribution in [0, 0.1) is 17.3 Å². The molecule has 2 unspecified atom stereocenters. The van der Waals surface area contributed by atoms with Gasteiger partial charge in [0.05, 0.1) is 5.92 Å². The zero-order chi connectivity index (χ0) is 16.9. The molecule has 2 atom stereocenters. The Bertz CT molecular complexity index is 539. The molecule has 1 fully saturated rings. The number of hydrogen-bond donors (Lipinski definition) is 2. The minimum absolute atomic E-state index is 0.0112. The molecule has 0 radical (unpaired) electrons. The molecular weight excluding hydrogens is 290 g/mol. The minimum atomic E-state index is -0.771. The molecule has 1 aliphatic carbocycles. The van der Waals surface area contributed by atoms with Gasteiger partial charge in [-0.15, -0.1) is 0 Å². The lowest BCUT2D eigenvalue weighted by Crippen LogP contribution is -2.40. The van der Waals surface area contributed by atoms with E-state index in [9.17, 15) is 9.59 Å². The maximum Gasteiger partial charge on any atom is 0.306 e. The molecule has 2 N–H and O–H groups in total. The van der Waals surface area contributed by atoms with Crippen LogP contribution in [0.4, 0.5) is 0 Å². The number of benzene rings is 1. The van der Waals surface area contributed by atoms with E-state index < -0.39 is 5.97 Å². The zero-order valence-corrected chi connectivity index (χ0v) is 14.0. The second-order valence-corrected chi connectivity index (χ2v) is 7.44. The normalized spacial score (nSPS) is 21.7. The summed E-state index contributed by atoms with van der Waals surface area (Å²) < 4.78 is 0. The summed E-state index contributed by atoms with van der Waals surface area (Å²) in [5.74, 6) is -1.28. The summed E-state index contributed by atoms with van der Waals surface area (Å²) in [5, 5.41) is 12.2. The largest absolute Gasteiger partial charge is 0.481 e. The van der Waals surface area contributed by atoms with Gasteiger partial charge < -0.3 is 10.4 Å². The first kappa shape index (κ1) is 17.5. The van der Waals surface area contributed by atoms with E-state index >= 15 is 0 Å². The topological polar surface area (TPSA) is 66.4 Å². The van der Waals surface area contributed by atoms with Gasteiger partial charge in [-0.25, -0.2) is 0 Å². The van der Waals surface area contributed by atoms with Crippen LogP contribution in [0.5, 0.6) is 0 Å². The first-order valence-electron chi connectivity index (χ1n) is 8.42. The van der Waals surface area contributed by atoms with Gasteiger partial charge in [-0.3, -0.25) is 9.59 Å². The van der Waals surface area contributed by atoms with Gasteiger partial charge in [0.2, 0.25) is 5.91 Å². The molecule has 4 heteroatoms. The van der Waals surface area contributed by atoms with Crippen LogP contribution in [0.3, 0.4) is 0 Å². The molecule has 1 aliphatic rings. The molecule has 0 bridgehead atoms. The van der Waals surface area contributed by atoms with Gasteiger partial charge in [-0.1, -0.05) is 50.6 Å². The Morgan fingerprint density at radius 3 is 2.48 bits per heavy atom. The van der Waals surface area contributed by atoms with E-state index in [1.54, 1.807) is 0 Å². The second-order valence-electron chi connectivity index (χ2n) is 7.44. The van der Waals surface area contributed by atoms with Crippen molar-refractivity contribution in [1.29, 1.82) is 0 Å². The third-order valence-corrected chi connectivity index (χ3v) is 4.66. The maximum atomic E-state index is 12.4. The standard InChI is InChI=1S/C19H27NO3/c1-19(2,12-14-7-4-3-5-8-14)13-20-17(21)15-9-6-10-16(11-15)18(22)23/h3-5,7-8,15-16H,6,9-13H2,1-2H3,(H,20,21)(H,22,23). The molecule has 4 nitrogen and oxygen atoms in total. The molecule has 0 heterocycles. The monoisotopic (exact) mass is 317 g/mol. The lowest BCUT2D eigenvalue weighted by Gasteiger charge is -2.29. The van der Waals surface area contributed by atoms with Crippen molar-refractivity contribution in [1.82, 2.24) is 5.32 Å². The Morgan fingerprint density at radius 2 is 1.83 bits per heavy atom. The van der Waals surface area contributed by atoms with Crippen LogP contribution >= 0.6 is 0 Å². The summed E-state index contributed by atoms with van der Waals surface area (Å²) in [6.45, 7) is 4.89. The molecule has 1 amide bonds. The third-order valence-electron chi connectivity index (χ3n) is 4.66. The Balaban J connectivity index is 1.84. The molecule has 126 valence electrons. The first-order chi connectivity index (χ1) is 10.9. The SMILES string of the molecule is CC(C)(CNC(=O)C1CCCC(C(=O)O)C1)Cc1ccccc1. The van der Waals surface area contributed by atoms with Gasteiger partial charge in [0.25, 0.3) is 0 Å². The first-order valence-corrected chi connectivity index (χ1v) is 8.42. The Morgan fingerprint density at radius 1 is 1.17 bits per heavy atom. The van der Waals surface area contributed by atoms with E-state index in [2.05, 4.69) is 31.3 Å². The van der Waals surface area contributed by atoms with Crippen molar-refractivity contribution in [2.75, 3.05) is 6.54 Å². The molecule has 23 heavy (non-hydrogen) atoms. The quantitative estimate of drug-likeness (QED) is 0.846. The van der Waals surface area contributed by atoms with Crippen LogP contribution < -0.4 is 5.32 Å². The fourth-order valence-electron chi connectivity index (χ4n) is 3.33. The fraction of sp³-hybridized carbons (Fsp3) is 0.579. The molecule has 2 rings (SSSR count). The zero-order valence-electron chi connectivity index (χ0n) is 14.0. The highest BCUT2D eigenvalue weighted by Gasteiger charge is 2.31. The summed E-state index contributed by atoms with van der Waals surface area (Å²) in [6, 6.07) is 10.3. The van der Waals surface area contributed by atoms with Crippen molar-refractivity contribution in [3.05, 3.63) is 35.9 Å². The number of carbonyl (C=O) groups is 2. The van der Waals surface area contributed by atoms with Crippen LogP contribution in [-0.2, 0) is 16.0 Å². The molecule has 1 saturated carbocycles. The Hall–Kier alpha value is -1.84. The summed E-state index contributed by atoms with van der Waals surface area (Å²) in [4.78, 5) is 23.5. The average molecular weight is 317 g/mol. The van der Waals surface area contributed by atoms with Gasteiger partial charge in [0, 0.05) is 12.5 Å². The Kier molecular flexibility index (Phi) is 5.80. The smallest absolute Gasteiger partial charge is 0.306 e. The van der Waals surface area contributed by atoms with Crippen LogP contribution in [0.25, 0.3) is 0 Å². The highest BCUT2D eigenvalue weighted by Crippen LogP contribution is 2.29. The molecule has 0 aromatic heterocycles. The predicted molar refractivity (Wildman–Crippen MR) is 90.0 cm³/mol. The number of rotatable bonds is 6. The molecule has 0 aliphatic heterocycles. The number of amides is 1. The number of carbonyl (C=O) groups excluding carboxylic acids is 1. The van der Waals surface area contributed by atoms with Crippen molar-refractivity contribution in [3.63, 3.8) is 0 Å². The number of hydrogen-bond acceptors (Lipinski definition) is 2. The van der Waals surface area contributed by atoms with E-state index in [-0.39, 0.29) is 23.2 Å². The number of aliphatic carboxylic acids is 1. The fourth-order valence-corrected chi connectivity index (χ4v) is 3.33. The molecule has 1 aromatic carbocycles. The van der Waals surface area contributed by atoms with Crippen LogP contribution in [-0.4, -0.2) is 23.5 Å². The lowest BCUT2D eigenvalue weighted by atomic mass is 9.80. The van der Waals surface area contributed by atoms with Crippen LogP contribution in [0.15, 0.2) is 30.3 Å². The van der Waals surface area contributed by atoms with E-state index in [0.717, 1.165) is 19.3 Å². The van der Waals surface area contributed by atoms with Crippen molar-refractivity contribution >= 4 is 11.9 Å². The average Bonchev–Trinajstić information content (AvgIpc) is 2.53. The maximum absolute atomic E-state index is 12.4. The van der Waals surface area contributed by atoms with Crippen LogP contribution in [0.1, 0.15) is 45.1 Å². The summed E-state index contributed by atoms with van der Waals surface area (Å²) in [5.41, 5.74) is 1.23. The van der Waals surface area contributed by atoms with E-state index in [1.807, 2.05) is 18.2 Å². The second kappa shape index (κ2) is 7.62. The van der Waals surface area contributed by atoms with Crippen molar-refractivity contribution in [2.24, 2.45) is 17.3 Å². The van der Waals surface area contributed by atoms with Crippen LogP contribution in [0.2, 0.25) is 0 Å². The summed E-state index contributed by atoms with van der Waals surface area (Å²) >= 11 is 0. The molecule has 0 spiro atoms. The Labute approximate surface area is 138 Å². The number of carboxylic acid groups (broad SMARTS) is 1. The van der Waals surface area contributed by atoms with E-state index in [4.69, 9.17) is 5.11 Å². The molecular formula is C19H27NO3. The highest BCUT2D eigenvalue weighted by molar-refractivity contribution is 5.80. The van der Waals surface area contributed by atoms with E-state index in [0.29, 0.717) is 19.4 Å². The van der Waals surface area contributed by atoms with Gasteiger partial charge >= 0.3 is 5.97 Å². The van der Waals surface area contributed by atoms with Gasteiger partial charge in [0.15, 0.2) is 0 Å². The molecule has 0 saturated heterocycles. The predicted octanol–water partition coefficient (Wildman–Crippen LogP) is 3.26.